The highest BCUT2D eigenvalue weighted by Crippen LogP contribution is 2.11. The van der Waals surface area contributed by atoms with Gasteiger partial charge in [0.15, 0.2) is 0 Å². The molecule has 1 fully saturated rings. The van der Waals surface area contributed by atoms with Gasteiger partial charge in [-0.15, -0.1) is 0 Å². The summed E-state index contributed by atoms with van der Waals surface area (Å²) < 4.78 is 0. The first-order valence-corrected chi connectivity index (χ1v) is 10.2. The standard InChI is InChI=1S/C24H30N2O2/c1-19-3-7-21(8-4-19)11-13-23(27)25-15-17-26(18-16-25)24(28)14-12-22-9-5-20(2)6-10-22/h3-10H,11-18H2,1-2H3. The summed E-state index contributed by atoms with van der Waals surface area (Å²) in [6, 6.07) is 16.7. The van der Waals surface area contributed by atoms with Crippen molar-refractivity contribution in [3.05, 3.63) is 70.8 Å². The first kappa shape index (κ1) is 20.1. The number of amides is 2. The molecule has 4 nitrogen and oxygen atoms in total. The summed E-state index contributed by atoms with van der Waals surface area (Å²) >= 11 is 0. The van der Waals surface area contributed by atoms with Crippen LogP contribution in [-0.2, 0) is 22.4 Å². The van der Waals surface area contributed by atoms with Gasteiger partial charge in [-0.1, -0.05) is 59.7 Å². The van der Waals surface area contributed by atoms with Gasteiger partial charge in [0, 0.05) is 39.0 Å². The maximum atomic E-state index is 12.5. The third-order valence-electron chi connectivity index (χ3n) is 5.48. The number of nitrogens with zero attached hydrogens (tertiary/aromatic N) is 2. The molecule has 0 atom stereocenters. The molecule has 148 valence electrons. The van der Waals surface area contributed by atoms with Crippen molar-refractivity contribution in [1.29, 1.82) is 0 Å². The normalized spacial score (nSPS) is 14.2. The van der Waals surface area contributed by atoms with E-state index in [0.717, 1.165) is 12.8 Å². The lowest BCUT2D eigenvalue weighted by Gasteiger charge is -2.35. The number of hydrogen-bond acceptors (Lipinski definition) is 2. The van der Waals surface area contributed by atoms with Crippen LogP contribution in [0.1, 0.15) is 35.1 Å². The van der Waals surface area contributed by atoms with Crippen LogP contribution in [0.3, 0.4) is 0 Å². The highest BCUT2D eigenvalue weighted by atomic mass is 16.2. The summed E-state index contributed by atoms with van der Waals surface area (Å²) in [6.07, 6.45) is 2.61. The van der Waals surface area contributed by atoms with Gasteiger partial charge in [-0.2, -0.15) is 0 Å². The molecule has 1 aliphatic heterocycles. The largest absolute Gasteiger partial charge is 0.339 e. The Hall–Kier alpha value is -2.62. The minimum atomic E-state index is 0.187. The molecule has 2 aromatic rings. The average molecular weight is 379 g/mol. The molecule has 0 radical (unpaired) electrons. The van der Waals surface area contributed by atoms with Crippen molar-refractivity contribution in [2.24, 2.45) is 0 Å². The molecule has 4 heteroatoms. The van der Waals surface area contributed by atoms with Crippen molar-refractivity contribution in [2.75, 3.05) is 26.2 Å². The van der Waals surface area contributed by atoms with Gasteiger partial charge in [-0.05, 0) is 37.8 Å². The Morgan fingerprint density at radius 2 is 0.964 bits per heavy atom. The molecule has 0 spiro atoms. The van der Waals surface area contributed by atoms with Crippen LogP contribution >= 0.6 is 0 Å². The quantitative estimate of drug-likeness (QED) is 0.771. The lowest BCUT2D eigenvalue weighted by Crippen LogP contribution is -2.50. The lowest BCUT2D eigenvalue weighted by molar-refractivity contribution is -0.139. The Labute approximate surface area is 168 Å². The summed E-state index contributed by atoms with van der Waals surface area (Å²) in [7, 11) is 0. The van der Waals surface area contributed by atoms with Crippen molar-refractivity contribution in [2.45, 2.75) is 39.5 Å². The smallest absolute Gasteiger partial charge is 0.223 e. The van der Waals surface area contributed by atoms with Crippen LogP contribution in [-0.4, -0.2) is 47.8 Å². The van der Waals surface area contributed by atoms with Crippen LogP contribution in [0, 0.1) is 13.8 Å². The molecule has 2 aromatic carbocycles. The second kappa shape index (κ2) is 9.54. The van der Waals surface area contributed by atoms with E-state index >= 15 is 0 Å². The average Bonchev–Trinajstić information content (AvgIpc) is 2.72. The highest BCUT2D eigenvalue weighted by Gasteiger charge is 2.23. The monoisotopic (exact) mass is 378 g/mol. The highest BCUT2D eigenvalue weighted by molar-refractivity contribution is 5.78. The van der Waals surface area contributed by atoms with E-state index < -0.39 is 0 Å². The third kappa shape index (κ3) is 5.69. The molecular formula is C24H30N2O2. The topological polar surface area (TPSA) is 40.6 Å². The van der Waals surface area contributed by atoms with E-state index in [0.29, 0.717) is 39.0 Å². The van der Waals surface area contributed by atoms with Crippen molar-refractivity contribution >= 4 is 11.8 Å². The van der Waals surface area contributed by atoms with Gasteiger partial charge >= 0.3 is 0 Å². The summed E-state index contributed by atoms with van der Waals surface area (Å²) in [5.74, 6) is 0.375. The van der Waals surface area contributed by atoms with Crippen LogP contribution in [0.15, 0.2) is 48.5 Å². The summed E-state index contributed by atoms with van der Waals surface area (Å²) in [5.41, 5.74) is 4.87. The minimum absolute atomic E-state index is 0.187. The minimum Gasteiger partial charge on any atom is -0.339 e. The number of benzene rings is 2. The van der Waals surface area contributed by atoms with Crippen molar-refractivity contribution in [1.82, 2.24) is 9.80 Å². The van der Waals surface area contributed by atoms with Crippen LogP contribution in [0.5, 0.6) is 0 Å². The lowest BCUT2D eigenvalue weighted by atomic mass is 10.1. The second-order valence-corrected chi connectivity index (χ2v) is 7.73. The van der Waals surface area contributed by atoms with Crippen molar-refractivity contribution < 1.29 is 9.59 Å². The predicted octanol–water partition coefficient (Wildman–Crippen LogP) is 3.54. The number of rotatable bonds is 6. The molecule has 0 unspecified atom stereocenters. The molecule has 1 aliphatic rings. The molecule has 1 heterocycles. The van der Waals surface area contributed by atoms with Gasteiger partial charge in [0.2, 0.25) is 11.8 Å². The second-order valence-electron chi connectivity index (χ2n) is 7.73. The maximum absolute atomic E-state index is 12.5. The number of carbonyl (C=O) groups excluding carboxylic acids is 2. The fraction of sp³-hybridized carbons (Fsp3) is 0.417. The Balaban J connectivity index is 1.39. The summed E-state index contributed by atoms with van der Waals surface area (Å²) in [6.45, 7) is 6.70. The van der Waals surface area contributed by atoms with Crippen LogP contribution < -0.4 is 0 Å². The number of aryl methyl sites for hydroxylation is 4. The summed E-state index contributed by atoms with van der Waals surface area (Å²) in [5, 5.41) is 0. The summed E-state index contributed by atoms with van der Waals surface area (Å²) in [4.78, 5) is 28.8. The molecule has 3 rings (SSSR count). The predicted molar refractivity (Wildman–Crippen MR) is 112 cm³/mol. The first-order chi connectivity index (χ1) is 13.5. The zero-order valence-electron chi connectivity index (χ0n) is 17.0. The van der Waals surface area contributed by atoms with E-state index in [-0.39, 0.29) is 11.8 Å². The Kier molecular flexibility index (Phi) is 6.85. The van der Waals surface area contributed by atoms with E-state index in [1.165, 1.54) is 22.3 Å². The van der Waals surface area contributed by atoms with E-state index in [1.807, 2.05) is 9.80 Å². The van der Waals surface area contributed by atoms with Crippen molar-refractivity contribution in [3.8, 4) is 0 Å². The van der Waals surface area contributed by atoms with Crippen LogP contribution in [0.25, 0.3) is 0 Å². The maximum Gasteiger partial charge on any atom is 0.223 e. The van der Waals surface area contributed by atoms with Gasteiger partial charge in [0.25, 0.3) is 0 Å². The molecule has 0 saturated carbocycles. The molecule has 0 aliphatic carbocycles. The van der Waals surface area contributed by atoms with E-state index in [9.17, 15) is 9.59 Å². The van der Waals surface area contributed by atoms with E-state index in [1.54, 1.807) is 0 Å². The van der Waals surface area contributed by atoms with Crippen LogP contribution in [0.4, 0.5) is 0 Å². The SMILES string of the molecule is Cc1ccc(CCC(=O)N2CCN(C(=O)CCc3ccc(C)cc3)CC2)cc1. The van der Waals surface area contributed by atoms with E-state index in [2.05, 4.69) is 62.4 Å². The van der Waals surface area contributed by atoms with Gasteiger partial charge in [0.05, 0.1) is 0 Å². The molecule has 2 amide bonds. The fourth-order valence-corrected chi connectivity index (χ4v) is 3.53. The molecule has 0 aromatic heterocycles. The molecule has 28 heavy (non-hydrogen) atoms. The zero-order valence-corrected chi connectivity index (χ0v) is 17.0. The Morgan fingerprint density at radius 3 is 1.29 bits per heavy atom. The van der Waals surface area contributed by atoms with Gasteiger partial charge in [-0.25, -0.2) is 0 Å². The van der Waals surface area contributed by atoms with Gasteiger partial charge in [-0.3, -0.25) is 9.59 Å². The van der Waals surface area contributed by atoms with Gasteiger partial charge < -0.3 is 9.80 Å². The molecule has 0 bridgehead atoms. The van der Waals surface area contributed by atoms with Crippen LogP contribution in [0.2, 0.25) is 0 Å². The van der Waals surface area contributed by atoms with Crippen molar-refractivity contribution in [3.63, 3.8) is 0 Å². The van der Waals surface area contributed by atoms with E-state index in [4.69, 9.17) is 0 Å². The fourth-order valence-electron chi connectivity index (χ4n) is 3.53. The first-order valence-electron chi connectivity index (χ1n) is 10.2. The molecule has 0 N–H and O–H groups in total. The number of hydrogen-bond donors (Lipinski definition) is 0. The number of carbonyl (C=O) groups is 2. The Morgan fingerprint density at radius 1 is 0.643 bits per heavy atom. The Bertz CT molecular complexity index is 719. The molecular weight excluding hydrogens is 348 g/mol. The zero-order chi connectivity index (χ0) is 19.9. The molecule has 1 saturated heterocycles. The van der Waals surface area contributed by atoms with Gasteiger partial charge in [0.1, 0.15) is 0 Å². The number of piperazine rings is 1. The third-order valence-corrected chi connectivity index (χ3v) is 5.48.